The third kappa shape index (κ3) is 2.28. The molecule has 1 saturated heterocycles. The molecular formula is C8H11F3N4. The maximum Gasteiger partial charge on any atom is 0.453 e. The quantitative estimate of drug-likeness (QED) is 0.756. The predicted molar refractivity (Wildman–Crippen MR) is 46.0 cm³/mol. The van der Waals surface area contributed by atoms with Crippen LogP contribution in [-0.2, 0) is 6.18 Å². The topological polar surface area (TPSA) is 53.6 Å². The van der Waals surface area contributed by atoms with Gasteiger partial charge >= 0.3 is 6.18 Å². The summed E-state index contributed by atoms with van der Waals surface area (Å²) in [4.78, 5) is 3.45. The summed E-state index contributed by atoms with van der Waals surface area (Å²) in [5.74, 6) is -0.813. The van der Waals surface area contributed by atoms with Gasteiger partial charge in [-0.15, -0.1) is 5.10 Å². The van der Waals surface area contributed by atoms with Crippen molar-refractivity contribution in [2.45, 2.75) is 31.5 Å². The number of nitrogens with zero attached hydrogens (tertiary/aromatic N) is 2. The maximum atomic E-state index is 12.2. The standard InChI is InChI=1S/C8H11F3N4/c9-8(10,11)7-13-6(14-15-7)5-3-1-2-4-12-5/h5,12H,1-4H2,(H,13,14,15). The molecule has 0 radical (unpaired) electrons. The number of alkyl halides is 3. The highest BCUT2D eigenvalue weighted by molar-refractivity contribution is 5.00. The fraction of sp³-hybridized carbons (Fsp3) is 0.750. The molecule has 0 bridgehead atoms. The Morgan fingerprint density at radius 3 is 2.60 bits per heavy atom. The Morgan fingerprint density at radius 2 is 2.07 bits per heavy atom. The first-order valence-electron chi connectivity index (χ1n) is 4.80. The fourth-order valence-corrected chi connectivity index (χ4v) is 1.64. The molecule has 0 aliphatic carbocycles. The lowest BCUT2D eigenvalue weighted by atomic mass is 10.0. The molecule has 1 aliphatic heterocycles. The summed E-state index contributed by atoms with van der Waals surface area (Å²) in [5.41, 5.74) is 0. The minimum atomic E-state index is -4.47. The maximum absolute atomic E-state index is 12.2. The predicted octanol–water partition coefficient (Wildman–Crippen LogP) is 1.64. The summed E-state index contributed by atoms with van der Waals surface area (Å²) in [6.45, 7) is 0.812. The molecule has 0 saturated carbocycles. The molecule has 7 heteroatoms. The lowest BCUT2D eigenvalue weighted by molar-refractivity contribution is -0.144. The zero-order chi connectivity index (χ0) is 10.9. The van der Waals surface area contributed by atoms with E-state index in [0.717, 1.165) is 25.8 Å². The lowest BCUT2D eigenvalue weighted by Gasteiger charge is -2.20. The number of aromatic amines is 1. The Balaban J connectivity index is 2.12. The zero-order valence-electron chi connectivity index (χ0n) is 7.93. The minimum Gasteiger partial charge on any atom is -0.307 e. The van der Waals surface area contributed by atoms with Crippen molar-refractivity contribution in [3.63, 3.8) is 0 Å². The normalized spacial score (nSPS) is 23.0. The molecule has 2 heterocycles. The van der Waals surface area contributed by atoms with E-state index in [9.17, 15) is 13.2 Å². The van der Waals surface area contributed by atoms with Crippen molar-refractivity contribution < 1.29 is 13.2 Å². The van der Waals surface area contributed by atoms with Crippen molar-refractivity contribution in [1.82, 2.24) is 20.5 Å². The van der Waals surface area contributed by atoms with E-state index in [1.807, 2.05) is 0 Å². The van der Waals surface area contributed by atoms with Gasteiger partial charge in [0.1, 0.15) is 5.82 Å². The van der Waals surface area contributed by atoms with E-state index >= 15 is 0 Å². The van der Waals surface area contributed by atoms with Gasteiger partial charge in [-0.2, -0.15) is 13.2 Å². The molecule has 4 nitrogen and oxygen atoms in total. The molecule has 0 spiro atoms. The highest BCUT2D eigenvalue weighted by Gasteiger charge is 2.36. The van der Waals surface area contributed by atoms with Crippen molar-refractivity contribution in [3.8, 4) is 0 Å². The van der Waals surface area contributed by atoms with E-state index in [2.05, 4.69) is 20.5 Å². The van der Waals surface area contributed by atoms with Crippen LogP contribution >= 0.6 is 0 Å². The van der Waals surface area contributed by atoms with Gasteiger partial charge < -0.3 is 5.32 Å². The summed E-state index contributed by atoms with van der Waals surface area (Å²) >= 11 is 0. The molecule has 84 valence electrons. The number of piperidine rings is 1. The highest BCUT2D eigenvalue weighted by atomic mass is 19.4. The van der Waals surface area contributed by atoms with Gasteiger partial charge in [0.2, 0.25) is 0 Å². The van der Waals surface area contributed by atoms with Gasteiger partial charge in [-0.1, -0.05) is 6.42 Å². The number of nitrogens with one attached hydrogen (secondary N) is 2. The van der Waals surface area contributed by atoms with Crippen LogP contribution in [0.25, 0.3) is 0 Å². The molecule has 15 heavy (non-hydrogen) atoms. The van der Waals surface area contributed by atoms with Crippen LogP contribution in [0.4, 0.5) is 13.2 Å². The van der Waals surface area contributed by atoms with E-state index in [-0.39, 0.29) is 11.9 Å². The number of hydrogen-bond donors (Lipinski definition) is 2. The largest absolute Gasteiger partial charge is 0.453 e. The first-order valence-corrected chi connectivity index (χ1v) is 4.80. The Labute approximate surface area is 84.3 Å². The van der Waals surface area contributed by atoms with Crippen molar-refractivity contribution in [2.24, 2.45) is 0 Å². The monoisotopic (exact) mass is 220 g/mol. The molecule has 2 N–H and O–H groups in total. The van der Waals surface area contributed by atoms with Crippen LogP contribution in [-0.4, -0.2) is 21.7 Å². The van der Waals surface area contributed by atoms with Gasteiger partial charge in [0.25, 0.3) is 5.82 Å². The average molecular weight is 220 g/mol. The summed E-state index contributed by atoms with van der Waals surface area (Å²) in [6, 6.07) is -0.123. The SMILES string of the molecule is FC(F)(F)c1n[nH]c(C2CCCCN2)n1. The molecule has 1 aromatic rings. The Kier molecular flexibility index (Phi) is 2.64. The summed E-state index contributed by atoms with van der Waals surface area (Å²) < 4.78 is 36.6. The van der Waals surface area contributed by atoms with E-state index < -0.39 is 12.0 Å². The summed E-state index contributed by atoms with van der Waals surface area (Å²) in [5, 5.41) is 8.60. The average Bonchev–Trinajstić information content (AvgIpc) is 2.67. The second kappa shape index (κ2) is 3.80. The van der Waals surface area contributed by atoms with Gasteiger partial charge in [0.15, 0.2) is 0 Å². The third-order valence-corrected chi connectivity index (χ3v) is 2.40. The second-order valence-electron chi connectivity index (χ2n) is 3.54. The summed E-state index contributed by atoms with van der Waals surface area (Å²) in [6.07, 6.45) is -1.62. The molecule has 2 rings (SSSR count). The van der Waals surface area contributed by atoms with E-state index in [0.29, 0.717) is 0 Å². The van der Waals surface area contributed by atoms with Crippen LogP contribution in [0.5, 0.6) is 0 Å². The van der Waals surface area contributed by atoms with Crippen LogP contribution < -0.4 is 5.32 Å². The minimum absolute atomic E-state index is 0.123. The second-order valence-corrected chi connectivity index (χ2v) is 3.54. The van der Waals surface area contributed by atoms with Crippen LogP contribution in [0.15, 0.2) is 0 Å². The Bertz CT molecular complexity index is 327. The molecule has 1 aromatic heterocycles. The smallest absolute Gasteiger partial charge is 0.307 e. The van der Waals surface area contributed by atoms with Crippen LogP contribution in [0.3, 0.4) is 0 Å². The molecule has 1 aliphatic rings. The van der Waals surface area contributed by atoms with Gasteiger partial charge in [-0.3, -0.25) is 5.10 Å². The molecular weight excluding hydrogens is 209 g/mol. The molecule has 1 fully saturated rings. The van der Waals surface area contributed by atoms with Gasteiger partial charge in [-0.25, -0.2) is 4.98 Å². The Hall–Kier alpha value is -1.11. The first kappa shape index (κ1) is 10.4. The molecule has 1 atom stereocenters. The van der Waals surface area contributed by atoms with Crippen molar-refractivity contribution >= 4 is 0 Å². The van der Waals surface area contributed by atoms with Gasteiger partial charge in [0, 0.05) is 0 Å². The van der Waals surface area contributed by atoms with Crippen molar-refractivity contribution in [3.05, 3.63) is 11.6 Å². The zero-order valence-corrected chi connectivity index (χ0v) is 7.93. The molecule has 0 aromatic carbocycles. The third-order valence-electron chi connectivity index (χ3n) is 2.40. The first-order chi connectivity index (χ1) is 7.07. The Morgan fingerprint density at radius 1 is 1.27 bits per heavy atom. The molecule has 1 unspecified atom stereocenters. The highest BCUT2D eigenvalue weighted by Crippen LogP contribution is 2.27. The number of hydrogen-bond acceptors (Lipinski definition) is 3. The summed E-state index contributed by atoms with van der Waals surface area (Å²) in [7, 11) is 0. The number of aromatic nitrogens is 3. The van der Waals surface area contributed by atoms with Crippen LogP contribution in [0.2, 0.25) is 0 Å². The molecule has 0 amide bonds. The van der Waals surface area contributed by atoms with Gasteiger partial charge in [0.05, 0.1) is 6.04 Å². The van der Waals surface area contributed by atoms with Crippen LogP contribution in [0.1, 0.15) is 37.0 Å². The van der Waals surface area contributed by atoms with E-state index in [1.165, 1.54) is 0 Å². The van der Waals surface area contributed by atoms with Crippen LogP contribution in [0, 0.1) is 0 Å². The lowest BCUT2D eigenvalue weighted by Crippen LogP contribution is -2.27. The number of halogens is 3. The fourth-order valence-electron chi connectivity index (χ4n) is 1.64. The van der Waals surface area contributed by atoms with Gasteiger partial charge in [-0.05, 0) is 19.4 Å². The number of rotatable bonds is 1. The van der Waals surface area contributed by atoms with E-state index in [1.54, 1.807) is 0 Å². The number of H-pyrrole nitrogens is 1. The van der Waals surface area contributed by atoms with Crippen molar-refractivity contribution in [1.29, 1.82) is 0 Å². The van der Waals surface area contributed by atoms with Crippen molar-refractivity contribution in [2.75, 3.05) is 6.54 Å². The van der Waals surface area contributed by atoms with E-state index in [4.69, 9.17) is 0 Å².